The lowest BCUT2D eigenvalue weighted by atomic mass is 9.96. The zero-order valence-electron chi connectivity index (χ0n) is 21.0. The van der Waals surface area contributed by atoms with Gasteiger partial charge in [-0.3, -0.25) is 10.1 Å². The van der Waals surface area contributed by atoms with Gasteiger partial charge in [0.25, 0.3) is 5.24 Å². The molecule has 3 aliphatic rings. The van der Waals surface area contributed by atoms with Crippen LogP contribution < -0.4 is 10.1 Å². The van der Waals surface area contributed by atoms with Crippen LogP contribution >= 0.6 is 27.7 Å². The van der Waals surface area contributed by atoms with Crippen molar-refractivity contribution in [2.45, 2.75) is 24.5 Å². The van der Waals surface area contributed by atoms with Gasteiger partial charge in [0.05, 0.1) is 22.2 Å². The number of carbonyl (C=O) groups is 1. The Morgan fingerprint density at radius 2 is 1.83 bits per heavy atom. The fraction of sp³-hybridized carbons (Fsp3) is 0.133. The van der Waals surface area contributed by atoms with Gasteiger partial charge in [-0.2, -0.15) is 18.3 Å². The Morgan fingerprint density at radius 3 is 2.63 bits per heavy atom. The lowest BCUT2D eigenvalue weighted by Crippen LogP contribution is -2.61. The Balaban J connectivity index is 1.31. The van der Waals surface area contributed by atoms with Crippen molar-refractivity contribution in [1.82, 2.24) is 10.3 Å². The average Bonchev–Trinajstić information content (AvgIpc) is 3.68. The van der Waals surface area contributed by atoms with E-state index in [0.717, 1.165) is 45.2 Å². The molecule has 3 aromatic carbocycles. The summed E-state index contributed by atoms with van der Waals surface area (Å²) in [6, 6.07) is 23.5. The third-order valence-electron chi connectivity index (χ3n) is 7.11. The third kappa shape index (κ3) is 4.53. The number of rotatable bonds is 3. The first-order valence-electron chi connectivity index (χ1n) is 12.6. The predicted octanol–water partition coefficient (Wildman–Crippen LogP) is 8.42. The minimum Gasteiger partial charge on any atom is -0.457 e. The second-order valence-corrected chi connectivity index (χ2v) is 11.6. The summed E-state index contributed by atoms with van der Waals surface area (Å²) < 4.78 is 53.1. The van der Waals surface area contributed by atoms with E-state index in [1.54, 1.807) is 29.3 Å². The zero-order valence-corrected chi connectivity index (χ0v) is 23.4. The largest absolute Gasteiger partial charge is 0.457 e. The highest BCUT2D eigenvalue weighted by Crippen LogP contribution is 2.53. The number of furan rings is 1. The summed E-state index contributed by atoms with van der Waals surface area (Å²) >= 11 is 4.51. The van der Waals surface area contributed by atoms with Crippen LogP contribution in [-0.4, -0.2) is 21.8 Å². The van der Waals surface area contributed by atoms with Crippen LogP contribution in [0, 0.1) is 0 Å². The Hall–Kier alpha value is -3.96. The van der Waals surface area contributed by atoms with Crippen LogP contribution in [0.1, 0.15) is 34.9 Å². The van der Waals surface area contributed by atoms with E-state index in [-0.39, 0.29) is 22.6 Å². The van der Waals surface area contributed by atoms with E-state index in [1.165, 1.54) is 6.07 Å². The fourth-order valence-corrected chi connectivity index (χ4v) is 6.53. The maximum atomic E-state index is 13.3. The molecular weight excluding hydrogens is 619 g/mol. The van der Waals surface area contributed by atoms with Gasteiger partial charge in [0, 0.05) is 22.0 Å². The SMILES string of the molecule is O=C1NC2(Oc3ccc(Br)cc3C3CC(c4ccccc4)=NN32)C(=Cc2ccc(-c3cccc(C(F)(F)F)c3)o2)S1. The summed E-state index contributed by atoms with van der Waals surface area (Å²) in [5.41, 5.74) is 2.27. The normalized spacial score (nSPS) is 22.4. The Bertz CT molecular complexity index is 1750. The van der Waals surface area contributed by atoms with Crippen LogP contribution in [0.2, 0.25) is 0 Å². The number of ether oxygens (including phenoxy) is 1. The van der Waals surface area contributed by atoms with Gasteiger partial charge in [0.1, 0.15) is 17.3 Å². The summed E-state index contributed by atoms with van der Waals surface area (Å²) in [4.78, 5) is 13.4. The average molecular weight is 638 g/mol. The topological polar surface area (TPSA) is 67.1 Å². The first kappa shape index (κ1) is 26.0. The molecule has 6 nitrogen and oxygen atoms in total. The standard InChI is InChI=1S/C30H19BrF3N3O3S/c31-20-9-11-26-22(14-20)24-16-23(17-5-2-1-3-6-17)36-37(24)30(40-26)27(41-28(38)35-30)15-21-10-12-25(39-21)18-7-4-8-19(13-18)29(32,33)34/h1-15,24H,16H2,(H,35,38). The molecule has 0 bridgehead atoms. The molecule has 2 atom stereocenters. The fourth-order valence-electron chi connectivity index (χ4n) is 5.26. The number of nitrogens with zero attached hydrogens (tertiary/aromatic N) is 2. The molecule has 1 fully saturated rings. The van der Waals surface area contributed by atoms with Crippen molar-refractivity contribution in [2.24, 2.45) is 5.10 Å². The van der Waals surface area contributed by atoms with Crippen LogP contribution in [0.3, 0.4) is 0 Å². The van der Waals surface area contributed by atoms with E-state index in [4.69, 9.17) is 14.3 Å². The molecule has 0 aliphatic carbocycles. The van der Waals surface area contributed by atoms with Crippen LogP contribution in [-0.2, 0) is 6.18 Å². The number of thioether (sulfide) groups is 1. The van der Waals surface area contributed by atoms with E-state index in [1.807, 2.05) is 48.5 Å². The summed E-state index contributed by atoms with van der Waals surface area (Å²) in [5.74, 6) is -0.212. The van der Waals surface area contributed by atoms with Crippen molar-refractivity contribution in [3.8, 4) is 17.1 Å². The second-order valence-electron chi connectivity index (χ2n) is 9.71. The Labute approximate surface area is 245 Å². The Kier molecular flexibility index (Phi) is 6.05. The number of hydrogen-bond donors (Lipinski definition) is 1. The van der Waals surface area contributed by atoms with E-state index < -0.39 is 17.6 Å². The van der Waals surface area contributed by atoms with Crippen LogP contribution in [0.4, 0.5) is 18.0 Å². The highest BCUT2D eigenvalue weighted by molar-refractivity contribution is 9.10. The van der Waals surface area contributed by atoms with Crippen molar-refractivity contribution in [3.05, 3.63) is 117 Å². The van der Waals surface area contributed by atoms with Crippen molar-refractivity contribution < 1.29 is 27.1 Å². The smallest absolute Gasteiger partial charge is 0.416 e. The molecule has 1 spiro atoms. The first-order valence-corrected chi connectivity index (χ1v) is 14.2. The summed E-state index contributed by atoms with van der Waals surface area (Å²) in [6.45, 7) is 0. The molecule has 1 N–H and O–H groups in total. The van der Waals surface area contributed by atoms with Gasteiger partial charge >= 0.3 is 12.0 Å². The highest BCUT2D eigenvalue weighted by Gasteiger charge is 2.58. The lowest BCUT2D eigenvalue weighted by Gasteiger charge is -2.45. The van der Waals surface area contributed by atoms with Gasteiger partial charge in [-0.1, -0.05) is 58.4 Å². The van der Waals surface area contributed by atoms with Crippen LogP contribution in [0.5, 0.6) is 5.75 Å². The molecule has 4 aromatic rings. The van der Waals surface area contributed by atoms with Crippen molar-refractivity contribution in [1.29, 1.82) is 0 Å². The number of fused-ring (bicyclic) bond motifs is 4. The van der Waals surface area contributed by atoms with Crippen LogP contribution in [0.25, 0.3) is 17.4 Å². The number of hydrogen-bond acceptors (Lipinski definition) is 6. The number of halogens is 4. The first-order chi connectivity index (χ1) is 19.7. The lowest BCUT2D eigenvalue weighted by molar-refractivity contribution is -0.137. The monoisotopic (exact) mass is 637 g/mol. The van der Waals surface area contributed by atoms with E-state index in [2.05, 4.69) is 21.2 Å². The maximum absolute atomic E-state index is 13.3. The molecule has 2 unspecified atom stereocenters. The number of benzene rings is 3. The molecule has 0 saturated carbocycles. The van der Waals surface area contributed by atoms with Crippen molar-refractivity contribution in [2.75, 3.05) is 0 Å². The second kappa shape index (κ2) is 9.56. The molecule has 11 heteroatoms. The van der Waals surface area contributed by atoms with Crippen molar-refractivity contribution in [3.63, 3.8) is 0 Å². The van der Waals surface area contributed by atoms with Gasteiger partial charge in [0.15, 0.2) is 0 Å². The summed E-state index contributed by atoms with van der Waals surface area (Å²) in [5, 5.41) is 9.39. The van der Waals surface area contributed by atoms with Crippen molar-refractivity contribution >= 4 is 44.7 Å². The summed E-state index contributed by atoms with van der Waals surface area (Å²) in [7, 11) is 0. The van der Waals surface area contributed by atoms with E-state index in [9.17, 15) is 18.0 Å². The molecular formula is C30H19BrF3N3O3S. The predicted molar refractivity (Wildman–Crippen MR) is 153 cm³/mol. The molecule has 1 aromatic heterocycles. The minimum absolute atomic E-state index is 0.230. The molecule has 41 heavy (non-hydrogen) atoms. The maximum Gasteiger partial charge on any atom is 0.416 e. The van der Waals surface area contributed by atoms with Gasteiger partial charge in [0.2, 0.25) is 0 Å². The van der Waals surface area contributed by atoms with E-state index >= 15 is 0 Å². The molecule has 7 rings (SSSR count). The Morgan fingerprint density at radius 1 is 1.02 bits per heavy atom. The minimum atomic E-state index is -4.47. The number of carbonyl (C=O) groups excluding carboxylic acids is 1. The molecule has 3 aliphatic heterocycles. The number of alkyl halides is 3. The van der Waals surface area contributed by atoms with Gasteiger partial charge in [-0.25, -0.2) is 5.01 Å². The highest BCUT2D eigenvalue weighted by atomic mass is 79.9. The molecule has 206 valence electrons. The van der Waals surface area contributed by atoms with Gasteiger partial charge in [-0.15, -0.1) is 0 Å². The van der Waals surface area contributed by atoms with Gasteiger partial charge < -0.3 is 9.15 Å². The zero-order chi connectivity index (χ0) is 28.4. The number of amides is 1. The van der Waals surface area contributed by atoms with Gasteiger partial charge in [-0.05, 0) is 65.9 Å². The molecule has 1 saturated heterocycles. The van der Waals surface area contributed by atoms with Crippen LogP contribution in [0.15, 0.2) is 104 Å². The molecule has 0 radical (unpaired) electrons. The summed E-state index contributed by atoms with van der Waals surface area (Å²) in [6.07, 6.45) is -2.22. The molecule has 1 amide bonds. The number of nitrogens with one attached hydrogen (secondary N) is 1. The number of hydrazone groups is 1. The van der Waals surface area contributed by atoms with E-state index in [0.29, 0.717) is 22.8 Å². The molecule has 4 heterocycles. The quantitative estimate of drug-likeness (QED) is 0.244. The third-order valence-corrected chi connectivity index (χ3v) is 8.51.